The fraction of sp³-hybridized carbons (Fsp3) is 0.0588. The Morgan fingerprint density at radius 1 is 1.04 bits per heavy atom. The molecule has 1 aromatic heterocycles. The first-order valence-corrected chi connectivity index (χ1v) is 8.05. The molecule has 3 N–H and O–H groups in total. The summed E-state index contributed by atoms with van der Waals surface area (Å²) in [6.45, 7) is 0. The highest BCUT2D eigenvalue weighted by molar-refractivity contribution is 7.96. The van der Waals surface area contributed by atoms with Gasteiger partial charge in [-0.25, -0.2) is 14.4 Å². The molecule has 0 bridgehead atoms. The molecule has 2 aromatic carbocycles. The molecule has 0 radical (unpaired) electrons. The van der Waals surface area contributed by atoms with E-state index < -0.39 is 0 Å². The van der Waals surface area contributed by atoms with Gasteiger partial charge in [0.25, 0.3) is 0 Å². The number of hydrogen-bond donors (Lipinski definition) is 2. The fourth-order valence-electron chi connectivity index (χ4n) is 2.19. The van der Waals surface area contributed by atoms with Crippen molar-refractivity contribution < 1.29 is 4.39 Å². The van der Waals surface area contributed by atoms with Gasteiger partial charge in [-0.15, -0.1) is 0 Å². The van der Waals surface area contributed by atoms with E-state index in [0.29, 0.717) is 5.82 Å². The van der Waals surface area contributed by atoms with Gasteiger partial charge in [0, 0.05) is 23.1 Å². The van der Waals surface area contributed by atoms with Gasteiger partial charge in [0.2, 0.25) is 0 Å². The van der Waals surface area contributed by atoms with Crippen LogP contribution in [-0.2, 0) is 5.75 Å². The summed E-state index contributed by atoms with van der Waals surface area (Å²) in [4.78, 5) is 8.46. The molecule has 0 fully saturated rings. The lowest BCUT2D eigenvalue weighted by molar-refractivity contribution is 0.628. The van der Waals surface area contributed by atoms with E-state index in [1.54, 1.807) is 12.1 Å². The van der Waals surface area contributed by atoms with Crippen LogP contribution < -0.4 is 10.5 Å². The molecule has 3 aromatic rings. The highest BCUT2D eigenvalue weighted by atomic mass is 32.2. The van der Waals surface area contributed by atoms with Gasteiger partial charge in [0.05, 0.1) is 5.69 Å². The lowest BCUT2D eigenvalue weighted by atomic mass is 10.1. The van der Waals surface area contributed by atoms with Crippen molar-refractivity contribution in [2.75, 3.05) is 5.32 Å². The molecular formula is C17H15FN4S. The number of nitrogens with two attached hydrogens (primary N) is 1. The van der Waals surface area contributed by atoms with Crippen LogP contribution in [-0.4, -0.2) is 9.97 Å². The van der Waals surface area contributed by atoms with E-state index in [1.165, 1.54) is 30.4 Å². The van der Waals surface area contributed by atoms with Crippen molar-refractivity contribution in [1.82, 2.24) is 9.97 Å². The second kappa shape index (κ2) is 7.21. The molecule has 3 rings (SSSR count). The molecule has 0 unspecified atom stereocenters. The lowest BCUT2D eigenvalue weighted by Crippen LogP contribution is -1.96. The van der Waals surface area contributed by atoms with E-state index in [4.69, 9.17) is 5.14 Å². The zero-order chi connectivity index (χ0) is 16.1. The molecule has 0 aliphatic heterocycles. The Bertz CT molecular complexity index is 793. The molecule has 0 saturated carbocycles. The summed E-state index contributed by atoms with van der Waals surface area (Å²) in [5.41, 5.74) is 3.64. The highest BCUT2D eigenvalue weighted by Crippen LogP contribution is 2.22. The number of benzene rings is 2. The van der Waals surface area contributed by atoms with Crippen LogP contribution in [0.5, 0.6) is 0 Å². The van der Waals surface area contributed by atoms with Crippen LogP contribution in [0.4, 0.5) is 15.9 Å². The van der Waals surface area contributed by atoms with Crippen molar-refractivity contribution in [3.8, 4) is 11.3 Å². The quantitative estimate of drug-likeness (QED) is 0.690. The molecule has 1 heterocycles. The Morgan fingerprint density at radius 3 is 2.65 bits per heavy atom. The maximum atomic E-state index is 13.0. The van der Waals surface area contributed by atoms with Crippen molar-refractivity contribution >= 4 is 23.5 Å². The minimum absolute atomic E-state index is 0.268. The van der Waals surface area contributed by atoms with Gasteiger partial charge in [-0.2, -0.15) is 0 Å². The molecule has 0 saturated heterocycles. The van der Waals surface area contributed by atoms with E-state index in [9.17, 15) is 4.39 Å². The van der Waals surface area contributed by atoms with Crippen LogP contribution in [0.25, 0.3) is 11.3 Å². The first-order chi connectivity index (χ1) is 11.2. The van der Waals surface area contributed by atoms with E-state index in [0.717, 1.165) is 28.3 Å². The van der Waals surface area contributed by atoms with Gasteiger partial charge < -0.3 is 5.32 Å². The minimum Gasteiger partial charge on any atom is -0.340 e. The number of halogens is 1. The van der Waals surface area contributed by atoms with Gasteiger partial charge in [-0.05, 0) is 42.0 Å². The van der Waals surface area contributed by atoms with Crippen molar-refractivity contribution in [3.63, 3.8) is 0 Å². The van der Waals surface area contributed by atoms with Crippen LogP contribution in [0.2, 0.25) is 0 Å². The Morgan fingerprint density at radius 2 is 1.87 bits per heavy atom. The van der Waals surface area contributed by atoms with Crippen LogP contribution in [0.3, 0.4) is 0 Å². The summed E-state index contributed by atoms with van der Waals surface area (Å²) in [6, 6.07) is 16.0. The maximum absolute atomic E-state index is 13.0. The third-order valence-electron chi connectivity index (χ3n) is 3.26. The summed E-state index contributed by atoms with van der Waals surface area (Å²) >= 11 is 1.29. The SMILES string of the molecule is NSCc1cccc(Nc2cc(-c3ccc(F)cc3)ncn2)c1. The molecule has 4 nitrogen and oxygen atoms in total. The molecule has 0 amide bonds. The number of anilines is 2. The molecule has 0 atom stereocenters. The van der Waals surface area contributed by atoms with Crippen molar-refractivity contribution in [3.05, 3.63) is 72.3 Å². The molecular weight excluding hydrogens is 311 g/mol. The summed E-state index contributed by atoms with van der Waals surface area (Å²) in [7, 11) is 0. The predicted octanol–water partition coefficient (Wildman–Crippen LogP) is 4.13. The number of nitrogens with one attached hydrogen (secondary N) is 1. The molecule has 116 valence electrons. The average Bonchev–Trinajstić information content (AvgIpc) is 2.56. The van der Waals surface area contributed by atoms with E-state index in [2.05, 4.69) is 15.3 Å². The number of aromatic nitrogens is 2. The van der Waals surface area contributed by atoms with E-state index in [1.807, 2.05) is 30.3 Å². The Labute approximate surface area is 138 Å². The predicted molar refractivity (Wildman–Crippen MR) is 92.6 cm³/mol. The van der Waals surface area contributed by atoms with E-state index in [-0.39, 0.29) is 5.82 Å². The van der Waals surface area contributed by atoms with Gasteiger partial charge in [-0.1, -0.05) is 24.1 Å². The molecule has 23 heavy (non-hydrogen) atoms. The Kier molecular flexibility index (Phi) is 4.85. The summed E-state index contributed by atoms with van der Waals surface area (Å²) in [5.74, 6) is 1.16. The zero-order valence-corrected chi connectivity index (χ0v) is 13.1. The second-order valence-electron chi connectivity index (χ2n) is 4.93. The number of hydrogen-bond acceptors (Lipinski definition) is 5. The van der Waals surface area contributed by atoms with Crippen molar-refractivity contribution in [2.24, 2.45) is 5.14 Å². The lowest BCUT2D eigenvalue weighted by Gasteiger charge is -2.08. The van der Waals surface area contributed by atoms with Crippen LogP contribution in [0.1, 0.15) is 5.56 Å². The Hall–Kier alpha value is -2.44. The number of rotatable bonds is 5. The van der Waals surface area contributed by atoms with Crippen LogP contribution in [0, 0.1) is 5.82 Å². The van der Waals surface area contributed by atoms with Crippen molar-refractivity contribution in [1.29, 1.82) is 0 Å². The molecule has 0 aliphatic carbocycles. The number of nitrogens with zero attached hydrogens (tertiary/aromatic N) is 2. The third kappa shape index (κ3) is 4.06. The normalized spacial score (nSPS) is 10.5. The first-order valence-electron chi connectivity index (χ1n) is 7.00. The summed E-state index contributed by atoms with van der Waals surface area (Å²) in [5, 5.41) is 8.76. The first kappa shape index (κ1) is 15.5. The summed E-state index contributed by atoms with van der Waals surface area (Å²) in [6.07, 6.45) is 1.49. The average molecular weight is 326 g/mol. The summed E-state index contributed by atoms with van der Waals surface area (Å²) < 4.78 is 13.0. The van der Waals surface area contributed by atoms with Gasteiger partial charge >= 0.3 is 0 Å². The fourth-order valence-corrected chi connectivity index (χ4v) is 2.56. The molecule has 0 aliphatic rings. The zero-order valence-electron chi connectivity index (χ0n) is 12.2. The smallest absolute Gasteiger partial charge is 0.134 e. The molecule has 0 spiro atoms. The maximum Gasteiger partial charge on any atom is 0.134 e. The second-order valence-corrected chi connectivity index (χ2v) is 5.55. The monoisotopic (exact) mass is 326 g/mol. The van der Waals surface area contributed by atoms with Gasteiger partial charge in [0.1, 0.15) is 18.0 Å². The van der Waals surface area contributed by atoms with E-state index >= 15 is 0 Å². The third-order valence-corrected chi connectivity index (χ3v) is 3.76. The van der Waals surface area contributed by atoms with Crippen molar-refractivity contribution in [2.45, 2.75) is 5.75 Å². The van der Waals surface area contributed by atoms with Crippen LogP contribution >= 0.6 is 11.9 Å². The minimum atomic E-state index is -0.268. The molecule has 6 heteroatoms. The van der Waals surface area contributed by atoms with Gasteiger partial charge in [0.15, 0.2) is 0 Å². The highest BCUT2D eigenvalue weighted by Gasteiger charge is 2.03. The standard InChI is InChI=1S/C17H15FN4S/c18-14-6-4-13(5-7-14)16-9-17(21-11-20-16)22-15-3-1-2-12(8-15)10-23-19/h1-9,11H,10,19H2,(H,20,21,22). The van der Waals surface area contributed by atoms with Gasteiger partial charge in [-0.3, -0.25) is 5.14 Å². The van der Waals surface area contributed by atoms with Crippen LogP contribution in [0.15, 0.2) is 60.9 Å². The topological polar surface area (TPSA) is 63.8 Å². The largest absolute Gasteiger partial charge is 0.340 e. The Balaban J connectivity index is 1.82.